The first-order chi connectivity index (χ1) is 16.5. The number of amides is 1. The lowest BCUT2D eigenvalue weighted by Crippen LogP contribution is -2.40. The van der Waals surface area contributed by atoms with Crippen LogP contribution in [-0.4, -0.2) is 53.2 Å². The van der Waals surface area contributed by atoms with Gasteiger partial charge in [-0.25, -0.2) is 15.0 Å². The van der Waals surface area contributed by atoms with Crippen molar-refractivity contribution in [1.29, 1.82) is 0 Å². The van der Waals surface area contributed by atoms with Gasteiger partial charge in [-0.3, -0.25) is 18.8 Å². The van der Waals surface area contributed by atoms with Crippen LogP contribution in [0.15, 0.2) is 60.6 Å². The van der Waals surface area contributed by atoms with Gasteiger partial charge in [-0.1, -0.05) is 18.2 Å². The quantitative estimate of drug-likeness (QED) is 0.449. The van der Waals surface area contributed by atoms with Crippen LogP contribution in [0.4, 0.5) is 5.82 Å². The second kappa shape index (κ2) is 8.71. The molecule has 0 aliphatic carbocycles. The van der Waals surface area contributed by atoms with Gasteiger partial charge in [0, 0.05) is 55.6 Å². The van der Waals surface area contributed by atoms with E-state index in [9.17, 15) is 9.59 Å². The van der Waals surface area contributed by atoms with Crippen LogP contribution in [-0.2, 0) is 4.79 Å². The van der Waals surface area contributed by atoms with Crippen molar-refractivity contribution in [3.8, 4) is 17.2 Å². The van der Waals surface area contributed by atoms with Gasteiger partial charge in [0.15, 0.2) is 5.43 Å². The van der Waals surface area contributed by atoms with Gasteiger partial charge >= 0.3 is 0 Å². The van der Waals surface area contributed by atoms with Gasteiger partial charge in [0.25, 0.3) is 0 Å². The summed E-state index contributed by atoms with van der Waals surface area (Å²) in [6.07, 6.45) is 11.0. The van der Waals surface area contributed by atoms with Crippen molar-refractivity contribution >= 4 is 34.2 Å². The zero-order valence-electron chi connectivity index (χ0n) is 18.1. The summed E-state index contributed by atoms with van der Waals surface area (Å²) >= 11 is 6.56. The van der Waals surface area contributed by atoms with Crippen LogP contribution in [0.25, 0.3) is 28.1 Å². The molecule has 1 saturated heterocycles. The molecule has 0 spiro atoms. The van der Waals surface area contributed by atoms with Crippen LogP contribution in [0.3, 0.4) is 0 Å². The van der Waals surface area contributed by atoms with E-state index in [0.717, 1.165) is 12.8 Å². The molecule has 34 heavy (non-hydrogen) atoms. The number of fused-ring (bicyclic) bond motifs is 1. The van der Waals surface area contributed by atoms with E-state index in [1.165, 1.54) is 24.4 Å². The summed E-state index contributed by atoms with van der Waals surface area (Å²) in [4.78, 5) is 38.4. The van der Waals surface area contributed by atoms with E-state index >= 15 is 0 Å². The average molecular weight is 477 g/mol. The Morgan fingerprint density at radius 2 is 1.91 bits per heavy atom. The van der Waals surface area contributed by atoms with Crippen molar-refractivity contribution in [3.63, 3.8) is 0 Å². The highest BCUT2D eigenvalue weighted by Crippen LogP contribution is 2.37. The van der Waals surface area contributed by atoms with Gasteiger partial charge in [-0.05, 0) is 18.9 Å². The van der Waals surface area contributed by atoms with E-state index in [1.807, 2.05) is 4.68 Å². The fourth-order valence-corrected chi connectivity index (χ4v) is 4.46. The fraction of sp³-hybridized carbons (Fsp3) is 0.217. The Balaban J connectivity index is 1.59. The highest BCUT2D eigenvalue weighted by Gasteiger charge is 2.28. The molecule has 2 N–H and O–H groups in total. The summed E-state index contributed by atoms with van der Waals surface area (Å²) in [7, 11) is 0. The third-order valence-corrected chi connectivity index (χ3v) is 6.16. The second-order valence-corrected chi connectivity index (χ2v) is 8.41. The van der Waals surface area contributed by atoms with Crippen molar-refractivity contribution in [2.24, 2.45) is 0 Å². The number of hydrogen-bond acceptors (Lipinski definition) is 7. The summed E-state index contributed by atoms with van der Waals surface area (Å²) in [5.41, 5.74) is 8.02. The van der Waals surface area contributed by atoms with Crippen molar-refractivity contribution in [2.45, 2.75) is 18.9 Å². The van der Waals surface area contributed by atoms with Gasteiger partial charge in [-0.2, -0.15) is 5.10 Å². The maximum Gasteiger partial charge on any atom is 0.246 e. The molecule has 0 aromatic carbocycles. The molecule has 172 valence electrons. The molecule has 11 heteroatoms. The molecule has 4 aromatic rings. The highest BCUT2D eigenvalue weighted by molar-refractivity contribution is 6.35. The zero-order chi connectivity index (χ0) is 23.8. The zero-order valence-corrected chi connectivity index (χ0v) is 18.9. The van der Waals surface area contributed by atoms with Crippen LogP contribution in [0.5, 0.6) is 0 Å². The Labute approximate surface area is 199 Å². The van der Waals surface area contributed by atoms with Crippen LogP contribution in [0, 0.1) is 0 Å². The predicted octanol–water partition coefficient (Wildman–Crippen LogP) is 2.62. The number of halogens is 1. The number of nitrogen functional groups attached to an aromatic ring is 1. The third-order valence-electron chi connectivity index (χ3n) is 5.88. The highest BCUT2D eigenvalue weighted by atomic mass is 35.5. The van der Waals surface area contributed by atoms with Crippen LogP contribution in [0.1, 0.15) is 18.9 Å². The topological polar surface area (TPSA) is 125 Å². The first-order valence-electron chi connectivity index (χ1n) is 10.7. The number of pyridine rings is 2. The average Bonchev–Trinajstić information content (AvgIpc) is 3.29. The number of hydrogen-bond donors (Lipinski definition) is 1. The molecule has 5 rings (SSSR count). The number of likely N-dealkylation sites (tertiary alicyclic amines) is 1. The van der Waals surface area contributed by atoms with Gasteiger partial charge in [-0.15, -0.1) is 0 Å². The van der Waals surface area contributed by atoms with E-state index in [4.69, 9.17) is 22.4 Å². The smallest absolute Gasteiger partial charge is 0.246 e. The minimum atomic E-state index is -0.111. The fourth-order valence-electron chi connectivity index (χ4n) is 4.23. The second-order valence-electron chi connectivity index (χ2n) is 8.01. The molecular formula is C23H21ClN8O2. The molecule has 0 saturated carbocycles. The predicted molar refractivity (Wildman–Crippen MR) is 129 cm³/mol. The number of rotatable bonds is 4. The first kappa shape index (κ1) is 21.8. The number of carbonyl (C=O) groups is 1. The normalized spacial score (nSPS) is 16.0. The Bertz CT molecular complexity index is 1440. The molecule has 0 bridgehead atoms. The van der Waals surface area contributed by atoms with E-state index in [-0.39, 0.29) is 17.4 Å². The lowest BCUT2D eigenvalue weighted by atomic mass is 10.1. The molecule has 4 aromatic heterocycles. The number of nitrogens with two attached hydrogens (primary N) is 1. The molecule has 1 amide bonds. The van der Waals surface area contributed by atoms with Crippen LogP contribution in [0.2, 0.25) is 5.02 Å². The van der Waals surface area contributed by atoms with Gasteiger partial charge in [0.05, 0.1) is 28.2 Å². The van der Waals surface area contributed by atoms with E-state index in [0.29, 0.717) is 52.0 Å². The van der Waals surface area contributed by atoms with E-state index < -0.39 is 0 Å². The Morgan fingerprint density at radius 3 is 2.62 bits per heavy atom. The number of nitrogens with zero attached hydrogens (tertiary/aromatic N) is 7. The lowest BCUT2D eigenvalue weighted by molar-refractivity contribution is -0.127. The molecule has 1 aliphatic rings. The largest absolute Gasteiger partial charge is 0.383 e. The van der Waals surface area contributed by atoms with Crippen molar-refractivity contribution in [1.82, 2.24) is 34.2 Å². The van der Waals surface area contributed by atoms with Gasteiger partial charge in [0.1, 0.15) is 11.5 Å². The number of carbonyl (C=O) groups excluding carboxylic acids is 1. The summed E-state index contributed by atoms with van der Waals surface area (Å²) in [6, 6.07) is 2.78. The molecule has 1 aliphatic heterocycles. The monoisotopic (exact) mass is 476 g/mol. The molecule has 1 unspecified atom stereocenters. The maximum atomic E-state index is 12.2. The summed E-state index contributed by atoms with van der Waals surface area (Å²) in [5, 5.41) is 5.89. The number of piperidine rings is 1. The SMILES string of the molecule is C=CC(=O)N1CCCC(n2nc(-c3cnc(-n4ccc(=O)cc4)nc3)c3c(N)ncc(Cl)c32)C1. The molecule has 5 heterocycles. The van der Waals surface area contributed by atoms with Crippen molar-refractivity contribution in [2.75, 3.05) is 18.8 Å². The maximum absolute atomic E-state index is 12.2. The summed E-state index contributed by atoms with van der Waals surface area (Å²) in [5.74, 6) is 0.586. The molecule has 1 fully saturated rings. The minimum Gasteiger partial charge on any atom is -0.383 e. The van der Waals surface area contributed by atoms with Crippen molar-refractivity contribution < 1.29 is 4.79 Å². The molecule has 10 nitrogen and oxygen atoms in total. The number of aromatic nitrogens is 6. The van der Waals surface area contributed by atoms with Crippen molar-refractivity contribution in [3.05, 3.63) is 71.0 Å². The lowest BCUT2D eigenvalue weighted by Gasteiger charge is -2.32. The Morgan fingerprint density at radius 1 is 1.18 bits per heavy atom. The van der Waals surface area contributed by atoms with E-state index in [1.54, 1.807) is 34.3 Å². The van der Waals surface area contributed by atoms with Gasteiger partial charge < -0.3 is 10.6 Å². The number of anilines is 1. The first-order valence-corrected chi connectivity index (χ1v) is 11.1. The van der Waals surface area contributed by atoms with Crippen LogP contribution < -0.4 is 11.2 Å². The summed E-state index contributed by atoms with van der Waals surface area (Å²) < 4.78 is 3.48. The molecule has 0 radical (unpaired) electrons. The van der Waals surface area contributed by atoms with Crippen LogP contribution >= 0.6 is 11.6 Å². The minimum absolute atomic E-state index is 0.0884. The molecular weight excluding hydrogens is 456 g/mol. The Kier molecular flexibility index (Phi) is 5.58. The standard InChI is InChI=1S/C23H21ClN8O2/c1-2-18(34)31-7-3-4-15(13-31)32-21-17(24)12-26-22(25)19(21)20(29-32)14-10-27-23(28-11-14)30-8-5-16(33)6-9-30/h2,5-6,8-12,15H,1,3-4,7,13H2,(H2,25,26). The third kappa shape index (κ3) is 3.81. The van der Waals surface area contributed by atoms with Gasteiger partial charge in [0.2, 0.25) is 11.9 Å². The Hall–Kier alpha value is -4.05. The van der Waals surface area contributed by atoms with E-state index in [2.05, 4.69) is 21.5 Å². The summed E-state index contributed by atoms with van der Waals surface area (Å²) in [6.45, 7) is 4.75. The molecule has 1 atom stereocenters.